The van der Waals surface area contributed by atoms with E-state index in [2.05, 4.69) is 10.2 Å². The molecule has 1 aliphatic carbocycles. The maximum absolute atomic E-state index is 14.7. The van der Waals surface area contributed by atoms with Crippen LogP contribution < -0.4 is 4.90 Å². The number of halogens is 2. The van der Waals surface area contributed by atoms with Crippen molar-refractivity contribution >= 4 is 45.9 Å². The fourth-order valence-electron chi connectivity index (χ4n) is 7.34. The number of carbonyl (C=O) groups excluding carboxylic acids is 3. The highest BCUT2D eigenvalue weighted by molar-refractivity contribution is 6.33. The predicted octanol–water partition coefficient (Wildman–Crippen LogP) is 4.13. The van der Waals surface area contributed by atoms with Crippen molar-refractivity contribution in [3.05, 3.63) is 58.5 Å². The van der Waals surface area contributed by atoms with Crippen molar-refractivity contribution in [3.63, 3.8) is 0 Å². The number of nitrogens with zero attached hydrogens (tertiary/aromatic N) is 4. The molecular formula is C29H29ClFN5O3. The summed E-state index contributed by atoms with van der Waals surface area (Å²) in [5.74, 6) is 0.0849. The van der Waals surface area contributed by atoms with Gasteiger partial charge in [0.05, 0.1) is 27.8 Å². The van der Waals surface area contributed by atoms with Crippen LogP contribution in [0.3, 0.4) is 0 Å². The second-order valence-electron chi connectivity index (χ2n) is 11.4. The highest BCUT2D eigenvalue weighted by Gasteiger charge is 2.54. The van der Waals surface area contributed by atoms with Gasteiger partial charge in [0.25, 0.3) is 5.91 Å². The zero-order valence-corrected chi connectivity index (χ0v) is 22.2. The van der Waals surface area contributed by atoms with E-state index in [4.69, 9.17) is 11.6 Å². The summed E-state index contributed by atoms with van der Waals surface area (Å²) < 4.78 is 14.7. The summed E-state index contributed by atoms with van der Waals surface area (Å²) in [6, 6.07) is 8.20. The molecule has 0 radical (unpaired) electrons. The zero-order valence-electron chi connectivity index (χ0n) is 21.5. The van der Waals surface area contributed by atoms with E-state index in [-0.39, 0.29) is 29.3 Å². The highest BCUT2D eigenvalue weighted by Crippen LogP contribution is 2.51. The Morgan fingerprint density at radius 2 is 1.82 bits per heavy atom. The van der Waals surface area contributed by atoms with E-state index in [9.17, 15) is 18.8 Å². The number of aromatic nitrogens is 2. The number of amides is 3. The third-order valence-corrected chi connectivity index (χ3v) is 9.83. The van der Waals surface area contributed by atoms with Crippen LogP contribution in [0.15, 0.2) is 36.5 Å². The molecule has 4 aliphatic rings. The third kappa shape index (κ3) is 3.77. The van der Waals surface area contributed by atoms with E-state index in [1.165, 1.54) is 17.4 Å². The van der Waals surface area contributed by atoms with Gasteiger partial charge in [-0.05, 0) is 67.9 Å². The molecule has 2 atom stereocenters. The van der Waals surface area contributed by atoms with Crippen molar-refractivity contribution in [1.82, 2.24) is 20.0 Å². The molecule has 39 heavy (non-hydrogen) atoms. The maximum Gasteiger partial charge on any atom is 0.253 e. The van der Waals surface area contributed by atoms with E-state index < -0.39 is 11.2 Å². The van der Waals surface area contributed by atoms with Crippen LogP contribution in [-0.2, 0) is 15.0 Å². The lowest BCUT2D eigenvalue weighted by atomic mass is 9.73. The van der Waals surface area contributed by atoms with E-state index in [1.807, 2.05) is 11.0 Å². The third-order valence-electron chi connectivity index (χ3n) is 9.46. The first-order valence-corrected chi connectivity index (χ1v) is 14.0. The topological polar surface area (TPSA) is 89.6 Å². The Kier molecular flexibility index (Phi) is 5.70. The minimum Gasteiger partial charge on any atom is -0.341 e. The Morgan fingerprint density at radius 1 is 1.08 bits per heavy atom. The Hall–Kier alpha value is -3.46. The van der Waals surface area contributed by atoms with Gasteiger partial charge < -0.3 is 14.7 Å². The summed E-state index contributed by atoms with van der Waals surface area (Å²) in [7, 11) is 0. The van der Waals surface area contributed by atoms with Crippen molar-refractivity contribution in [2.75, 3.05) is 37.6 Å². The number of hydrogen-bond acceptors (Lipinski definition) is 4. The highest BCUT2D eigenvalue weighted by atomic mass is 35.5. The normalized spacial score (nSPS) is 23.6. The van der Waals surface area contributed by atoms with Crippen LogP contribution in [0.2, 0.25) is 5.02 Å². The van der Waals surface area contributed by atoms with Gasteiger partial charge in [0.1, 0.15) is 12.4 Å². The average Bonchev–Trinajstić information content (AvgIpc) is 3.71. The van der Waals surface area contributed by atoms with Gasteiger partial charge in [-0.2, -0.15) is 5.10 Å². The van der Waals surface area contributed by atoms with Gasteiger partial charge in [0, 0.05) is 42.7 Å². The number of anilines is 1. The lowest BCUT2D eigenvalue weighted by molar-refractivity contribution is -0.132. The van der Waals surface area contributed by atoms with Crippen LogP contribution in [0.25, 0.3) is 10.9 Å². The Morgan fingerprint density at radius 3 is 2.56 bits per heavy atom. The first kappa shape index (κ1) is 24.6. The van der Waals surface area contributed by atoms with E-state index in [0.717, 1.165) is 36.8 Å². The number of nitrogens with one attached hydrogen (secondary N) is 1. The first-order chi connectivity index (χ1) is 18.9. The summed E-state index contributed by atoms with van der Waals surface area (Å²) in [6.07, 6.45) is 5.82. The summed E-state index contributed by atoms with van der Waals surface area (Å²) in [6.45, 7) is 2.04. The van der Waals surface area contributed by atoms with E-state index >= 15 is 0 Å². The lowest BCUT2D eigenvalue weighted by Crippen LogP contribution is -2.51. The van der Waals surface area contributed by atoms with Gasteiger partial charge >= 0.3 is 0 Å². The molecule has 2 saturated heterocycles. The second kappa shape index (κ2) is 9.05. The average molecular weight is 550 g/mol. The summed E-state index contributed by atoms with van der Waals surface area (Å²) in [5, 5.41) is 7.67. The van der Waals surface area contributed by atoms with Crippen molar-refractivity contribution in [1.29, 1.82) is 0 Å². The molecule has 3 amide bonds. The molecular weight excluding hydrogens is 521 g/mol. The van der Waals surface area contributed by atoms with Crippen LogP contribution in [0, 0.1) is 17.7 Å². The first-order valence-electron chi connectivity index (χ1n) is 13.7. The van der Waals surface area contributed by atoms with Crippen molar-refractivity contribution < 1.29 is 18.8 Å². The molecule has 2 aromatic carbocycles. The molecule has 4 heterocycles. The lowest BCUT2D eigenvalue weighted by Gasteiger charge is -2.39. The summed E-state index contributed by atoms with van der Waals surface area (Å²) in [4.78, 5) is 45.9. The zero-order chi connectivity index (χ0) is 26.9. The molecule has 2 unspecified atom stereocenters. The minimum absolute atomic E-state index is 0.0725. The predicted molar refractivity (Wildman–Crippen MR) is 144 cm³/mol. The fourth-order valence-corrected chi connectivity index (χ4v) is 7.68. The number of benzene rings is 2. The summed E-state index contributed by atoms with van der Waals surface area (Å²) in [5.41, 5.74) is 1.28. The minimum atomic E-state index is -1.07. The van der Waals surface area contributed by atoms with Gasteiger partial charge in [-0.25, -0.2) is 4.39 Å². The standard InChI is InChI=1S/C29H29ClFN5O3/c30-26-21(31)5-7-23-25(26)29(28(39)36(23)16-24(37)35-14-18-2-1-3-19(18)15-35)8-10-34(11-9-29)27(38)17-4-6-22-20(12-17)13-32-33-22/h4-7,12-13,18-19H,1-3,8-11,14-16H2,(H,32,33). The SMILES string of the molecule is O=C(CN1C(=O)C2(CCN(C(=O)c3ccc4[nH]ncc4c3)CC2)c2c1ccc(F)c2Cl)N1CC2CCCC2C1. The van der Waals surface area contributed by atoms with Crippen molar-refractivity contribution in [2.24, 2.45) is 11.8 Å². The fraction of sp³-hybridized carbons (Fsp3) is 0.448. The molecule has 10 heteroatoms. The number of hydrogen-bond donors (Lipinski definition) is 1. The summed E-state index contributed by atoms with van der Waals surface area (Å²) >= 11 is 6.52. The van der Waals surface area contributed by atoms with Gasteiger partial charge in [0.15, 0.2) is 0 Å². The van der Waals surface area contributed by atoms with Crippen LogP contribution in [0.5, 0.6) is 0 Å². The largest absolute Gasteiger partial charge is 0.341 e. The Bertz CT molecular complexity index is 1500. The van der Waals surface area contributed by atoms with E-state index in [0.29, 0.717) is 54.6 Å². The van der Waals surface area contributed by atoms with E-state index in [1.54, 1.807) is 29.3 Å². The Labute approximate surface area is 230 Å². The number of rotatable bonds is 3. The van der Waals surface area contributed by atoms with Crippen LogP contribution in [-0.4, -0.2) is 70.4 Å². The molecule has 8 nitrogen and oxygen atoms in total. The maximum atomic E-state index is 14.7. The van der Waals surface area contributed by atoms with Crippen molar-refractivity contribution in [3.8, 4) is 0 Å². The number of aromatic amines is 1. The van der Waals surface area contributed by atoms with Gasteiger partial charge in [-0.3, -0.25) is 19.5 Å². The molecule has 3 fully saturated rings. The number of likely N-dealkylation sites (tertiary alicyclic amines) is 2. The number of H-pyrrole nitrogens is 1. The molecule has 3 aliphatic heterocycles. The monoisotopic (exact) mass is 549 g/mol. The van der Waals surface area contributed by atoms with Crippen LogP contribution >= 0.6 is 11.6 Å². The molecule has 3 aromatic rings. The van der Waals surface area contributed by atoms with Gasteiger partial charge in [0.2, 0.25) is 11.8 Å². The van der Waals surface area contributed by atoms with Crippen molar-refractivity contribution in [2.45, 2.75) is 37.5 Å². The molecule has 202 valence electrons. The second-order valence-corrected chi connectivity index (χ2v) is 11.8. The number of carbonyl (C=O) groups is 3. The Balaban J connectivity index is 1.13. The smallest absolute Gasteiger partial charge is 0.253 e. The van der Waals surface area contributed by atoms with Crippen LogP contribution in [0.1, 0.15) is 48.0 Å². The molecule has 0 bridgehead atoms. The molecule has 1 spiro atoms. The number of fused-ring (bicyclic) bond motifs is 4. The number of piperidine rings is 1. The van der Waals surface area contributed by atoms with Crippen LogP contribution in [0.4, 0.5) is 10.1 Å². The van der Waals surface area contributed by atoms with Gasteiger partial charge in [-0.1, -0.05) is 18.0 Å². The molecule has 7 rings (SSSR count). The molecule has 1 saturated carbocycles. The molecule has 1 N–H and O–H groups in total. The van der Waals surface area contributed by atoms with Gasteiger partial charge in [-0.15, -0.1) is 0 Å². The molecule has 1 aromatic heterocycles. The quantitative estimate of drug-likeness (QED) is 0.532.